The van der Waals surface area contributed by atoms with Crippen LogP contribution in [-0.4, -0.2) is 12.1 Å². The van der Waals surface area contributed by atoms with Crippen molar-refractivity contribution < 1.29 is 18.7 Å². The molecular weight excluding hydrogens is 416 g/mol. The van der Waals surface area contributed by atoms with Gasteiger partial charge >= 0.3 is 5.97 Å². The first kappa shape index (κ1) is 22.3. The number of carbonyl (C=O) groups is 1. The molecule has 0 aliphatic carbocycles. The highest BCUT2D eigenvalue weighted by Gasteiger charge is 2.18. The van der Waals surface area contributed by atoms with Gasteiger partial charge in [0.05, 0.1) is 17.1 Å². The van der Waals surface area contributed by atoms with Crippen LogP contribution in [-0.2, 0) is 17.8 Å². The van der Waals surface area contributed by atoms with Gasteiger partial charge in [-0.25, -0.2) is 4.79 Å². The summed E-state index contributed by atoms with van der Waals surface area (Å²) in [6, 6.07) is 22.1. The first-order valence-electron chi connectivity index (χ1n) is 11.0. The van der Waals surface area contributed by atoms with Crippen molar-refractivity contribution in [3.05, 3.63) is 99.7 Å². The van der Waals surface area contributed by atoms with E-state index in [0.29, 0.717) is 22.3 Å². The predicted molar refractivity (Wildman–Crippen MR) is 129 cm³/mol. The minimum absolute atomic E-state index is 0.156. The molecule has 4 aromatic rings. The summed E-state index contributed by atoms with van der Waals surface area (Å²) in [6.07, 6.45) is 0.634. The summed E-state index contributed by atoms with van der Waals surface area (Å²) in [6.45, 7) is 5.81. The lowest BCUT2D eigenvalue weighted by Gasteiger charge is -2.13. The van der Waals surface area contributed by atoms with Crippen LogP contribution in [0.15, 0.2) is 82.0 Å². The Bertz CT molecular complexity index is 1320. The van der Waals surface area contributed by atoms with E-state index in [1.165, 1.54) is 0 Å². The van der Waals surface area contributed by atoms with Crippen LogP contribution in [0.1, 0.15) is 42.3 Å². The summed E-state index contributed by atoms with van der Waals surface area (Å²) in [4.78, 5) is 25.5. The van der Waals surface area contributed by atoms with Gasteiger partial charge in [0.25, 0.3) is 0 Å². The zero-order valence-electron chi connectivity index (χ0n) is 19.0. The van der Waals surface area contributed by atoms with Crippen LogP contribution < -0.4 is 10.2 Å². The van der Waals surface area contributed by atoms with E-state index in [1.54, 1.807) is 24.3 Å². The van der Waals surface area contributed by atoms with Crippen molar-refractivity contribution >= 4 is 16.9 Å². The number of fused-ring (bicyclic) bond motifs is 1. The van der Waals surface area contributed by atoms with Gasteiger partial charge in [-0.05, 0) is 55.7 Å². The molecule has 0 saturated heterocycles. The minimum Gasteiger partial charge on any atom is -0.481 e. The Labute approximate surface area is 192 Å². The zero-order chi connectivity index (χ0) is 23.4. The van der Waals surface area contributed by atoms with Gasteiger partial charge in [-0.2, -0.15) is 0 Å². The van der Waals surface area contributed by atoms with Gasteiger partial charge in [0.15, 0.2) is 5.76 Å². The largest absolute Gasteiger partial charge is 0.481 e. The van der Waals surface area contributed by atoms with Crippen molar-refractivity contribution in [2.24, 2.45) is 0 Å². The second-order valence-electron chi connectivity index (χ2n) is 8.08. The number of hydrogen-bond acceptors (Lipinski definition) is 5. The van der Waals surface area contributed by atoms with Crippen LogP contribution in [0, 0.1) is 0 Å². The van der Waals surface area contributed by atoms with Gasteiger partial charge in [0.1, 0.15) is 12.2 Å². The van der Waals surface area contributed by atoms with E-state index < -0.39 is 0 Å². The quantitative estimate of drug-likeness (QED) is 0.320. The Morgan fingerprint density at radius 1 is 0.939 bits per heavy atom. The van der Waals surface area contributed by atoms with E-state index in [4.69, 9.17) is 13.9 Å². The molecule has 0 spiro atoms. The third kappa shape index (κ3) is 4.98. The average molecular weight is 443 g/mol. The number of rotatable bonds is 7. The molecule has 3 aromatic carbocycles. The normalized spacial score (nSPS) is 11.0. The van der Waals surface area contributed by atoms with E-state index in [2.05, 4.69) is 0 Å². The zero-order valence-corrected chi connectivity index (χ0v) is 19.0. The van der Waals surface area contributed by atoms with Crippen molar-refractivity contribution in [3.63, 3.8) is 0 Å². The number of hydrogen-bond donors (Lipinski definition) is 0. The maximum absolute atomic E-state index is 13.4. The molecule has 4 rings (SSSR count). The SMILES string of the molecule is CCc1ccc2oc(-c3ccccc3)c(OCc3ccc(C(=O)OC(C)C)cc3)c(=O)c2c1. The fourth-order valence-corrected chi connectivity index (χ4v) is 3.53. The smallest absolute Gasteiger partial charge is 0.338 e. The standard InChI is InChI=1S/C28H26O5/c1-4-19-12-15-24-23(16-19)25(29)27(26(33-24)21-8-6-5-7-9-21)31-17-20-10-13-22(14-11-20)28(30)32-18(2)3/h5-16,18H,4,17H2,1-3H3. The van der Waals surface area contributed by atoms with Gasteiger partial charge < -0.3 is 13.9 Å². The molecule has 0 amide bonds. The number of carbonyl (C=O) groups excluding carboxylic acids is 1. The molecule has 0 N–H and O–H groups in total. The Morgan fingerprint density at radius 3 is 2.30 bits per heavy atom. The van der Waals surface area contributed by atoms with Crippen LogP contribution >= 0.6 is 0 Å². The number of aryl methyl sites for hydroxylation is 1. The second-order valence-corrected chi connectivity index (χ2v) is 8.08. The van der Waals surface area contributed by atoms with Crippen molar-refractivity contribution in [2.75, 3.05) is 0 Å². The van der Waals surface area contributed by atoms with Gasteiger partial charge in [-0.3, -0.25) is 4.79 Å². The fourth-order valence-electron chi connectivity index (χ4n) is 3.53. The van der Waals surface area contributed by atoms with E-state index in [0.717, 1.165) is 23.1 Å². The molecule has 168 valence electrons. The fraction of sp³-hybridized carbons (Fsp3) is 0.214. The van der Waals surface area contributed by atoms with Gasteiger partial charge in [-0.15, -0.1) is 0 Å². The monoisotopic (exact) mass is 442 g/mol. The second kappa shape index (κ2) is 9.74. The Morgan fingerprint density at radius 2 is 1.64 bits per heavy atom. The lowest BCUT2D eigenvalue weighted by atomic mass is 10.1. The third-order valence-corrected chi connectivity index (χ3v) is 5.27. The lowest BCUT2D eigenvalue weighted by Crippen LogP contribution is -2.12. The van der Waals surface area contributed by atoms with E-state index in [-0.39, 0.29) is 29.9 Å². The molecule has 0 aliphatic heterocycles. The summed E-state index contributed by atoms with van der Waals surface area (Å²) in [7, 11) is 0. The van der Waals surface area contributed by atoms with Gasteiger partial charge in [0, 0.05) is 5.56 Å². The molecular formula is C28H26O5. The van der Waals surface area contributed by atoms with Crippen molar-refractivity contribution in [3.8, 4) is 17.1 Å². The average Bonchev–Trinajstić information content (AvgIpc) is 2.83. The summed E-state index contributed by atoms with van der Waals surface area (Å²) in [5.41, 5.74) is 3.42. The molecule has 0 bridgehead atoms. The Balaban J connectivity index is 1.68. The predicted octanol–water partition coefficient (Wildman–Crippen LogP) is 6.17. The molecule has 1 heterocycles. The van der Waals surface area contributed by atoms with Gasteiger partial charge in [-0.1, -0.05) is 55.5 Å². The highest BCUT2D eigenvalue weighted by atomic mass is 16.5. The van der Waals surface area contributed by atoms with Crippen LogP contribution in [0.25, 0.3) is 22.3 Å². The number of benzene rings is 3. The topological polar surface area (TPSA) is 65.7 Å². The Kier molecular flexibility index (Phi) is 6.59. The molecule has 1 aromatic heterocycles. The maximum atomic E-state index is 13.4. The molecule has 5 heteroatoms. The number of esters is 1. The molecule has 0 aliphatic rings. The van der Waals surface area contributed by atoms with E-state index >= 15 is 0 Å². The molecule has 0 atom stereocenters. The van der Waals surface area contributed by atoms with E-state index in [9.17, 15) is 9.59 Å². The third-order valence-electron chi connectivity index (χ3n) is 5.27. The van der Waals surface area contributed by atoms with Crippen LogP contribution in [0.2, 0.25) is 0 Å². The molecule has 0 unspecified atom stereocenters. The van der Waals surface area contributed by atoms with Crippen molar-refractivity contribution in [2.45, 2.75) is 39.9 Å². The van der Waals surface area contributed by atoms with Crippen molar-refractivity contribution in [1.82, 2.24) is 0 Å². The lowest BCUT2D eigenvalue weighted by molar-refractivity contribution is 0.0378. The Hall–Kier alpha value is -3.86. The van der Waals surface area contributed by atoms with Crippen molar-refractivity contribution in [1.29, 1.82) is 0 Å². The molecule has 0 fully saturated rings. The summed E-state index contributed by atoms with van der Waals surface area (Å²) < 4.78 is 17.4. The first-order valence-corrected chi connectivity index (χ1v) is 11.0. The minimum atomic E-state index is -0.370. The highest BCUT2D eigenvalue weighted by Crippen LogP contribution is 2.31. The van der Waals surface area contributed by atoms with Crippen LogP contribution in [0.4, 0.5) is 0 Å². The summed E-state index contributed by atoms with van der Waals surface area (Å²) in [5.74, 6) is 0.200. The molecule has 0 radical (unpaired) electrons. The van der Waals surface area contributed by atoms with E-state index in [1.807, 2.05) is 69.3 Å². The molecule has 5 nitrogen and oxygen atoms in total. The molecule has 33 heavy (non-hydrogen) atoms. The first-order chi connectivity index (χ1) is 16.0. The molecule has 0 saturated carbocycles. The van der Waals surface area contributed by atoms with Gasteiger partial charge in [0.2, 0.25) is 11.2 Å². The highest BCUT2D eigenvalue weighted by molar-refractivity contribution is 5.89. The van der Waals surface area contributed by atoms with Crippen LogP contribution in [0.3, 0.4) is 0 Å². The number of ether oxygens (including phenoxy) is 2. The summed E-state index contributed by atoms with van der Waals surface area (Å²) >= 11 is 0. The van der Waals surface area contributed by atoms with Crippen LogP contribution in [0.5, 0.6) is 5.75 Å². The summed E-state index contributed by atoms with van der Waals surface area (Å²) in [5, 5.41) is 0.496. The maximum Gasteiger partial charge on any atom is 0.338 e.